The molecule has 1 heterocycles. The zero-order valence-corrected chi connectivity index (χ0v) is 10.2. The van der Waals surface area contributed by atoms with E-state index in [9.17, 15) is 0 Å². The Bertz CT molecular complexity index is 317. The highest BCUT2D eigenvalue weighted by Gasteiger charge is 2.10. The summed E-state index contributed by atoms with van der Waals surface area (Å²) in [5.74, 6) is 0.674. The second-order valence-electron chi connectivity index (χ2n) is 3.39. The van der Waals surface area contributed by atoms with E-state index in [4.69, 9.17) is 16.3 Å². The molecule has 0 N–H and O–H groups in total. The Hall–Kier alpha value is -0.670. The monoisotopic (exact) mass is 228 g/mol. The van der Waals surface area contributed by atoms with Crippen molar-refractivity contribution < 1.29 is 4.74 Å². The van der Waals surface area contributed by atoms with Crippen molar-refractivity contribution in [2.45, 2.75) is 39.7 Å². The van der Waals surface area contributed by atoms with Crippen LogP contribution in [0.25, 0.3) is 0 Å². The van der Waals surface area contributed by atoms with Crippen LogP contribution in [0.1, 0.15) is 44.8 Å². The summed E-state index contributed by atoms with van der Waals surface area (Å²) < 4.78 is 5.43. The van der Waals surface area contributed by atoms with Crippen molar-refractivity contribution in [2.75, 3.05) is 6.61 Å². The van der Waals surface area contributed by atoms with E-state index in [1.807, 2.05) is 19.9 Å². The fourth-order valence-electron chi connectivity index (χ4n) is 1.37. The molecule has 0 aliphatic rings. The van der Waals surface area contributed by atoms with Crippen LogP contribution < -0.4 is 0 Å². The molecule has 0 saturated carbocycles. The van der Waals surface area contributed by atoms with E-state index < -0.39 is 0 Å². The summed E-state index contributed by atoms with van der Waals surface area (Å²) in [6, 6.07) is 1.81. The fourth-order valence-corrected chi connectivity index (χ4v) is 1.59. The standard InChI is InChI=1S/C11H17ClN2O/c1-4-6-9-7-10(12)14-11(13-9)8(3)15-5-2/h7-8H,4-6H2,1-3H3. The first kappa shape index (κ1) is 12.4. The van der Waals surface area contributed by atoms with Crippen LogP contribution in [0.2, 0.25) is 5.15 Å². The van der Waals surface area contributed by atoms with E-state index in [0.717, 1.165) is 18.5 Å². The van der Waals surface area contributed by atoms with Gasteiger partial charge in [0.15, 0.2) is 5.82 Å². The maximum Gasteiger partial charge on any atom is 0.158 e. The van der Waals surface area contributed by atoms with Gasteiger partial charge in [0, 0.05) is 12.3 Å². The number of hydrogen-bond donors (Lipinski definition) is 0. The first-order valence-corrected chi connectivity index (χ1v) is 5.70. The normalized spacial score (nSPS) is 12.8. The van der Waals surface area contributed by atoms with E-state index in [-0.39, 0.29) is 6.10 Å². The molecule has 0 radical (unpaired) electrons. The highest BCUT2D eigenvalue weighted by Crippen LogP contribution is 2.16. The molecule has 0 amide bonds. The summed E-state index contributed by atoms with van der Waals surface area (Å²) in [6.07, 6.45) is 1.88. The zero-order chi connectivity index (χ0) is 11.3. The SMILES string of the molecule is CCCc1cc(Cl)nc(C(C)OCC)n1. The predicted octanol–water partition coefficient (Wildman–Crippen LogP) is 3.18. The smallest absolute Gasteiger partial charge is 0.158 e. The Morgan fingerprint density at radius 3 is 2.73 bits per heavy atom. The molecular weight excluding hydrogens is 212 g/mol. The van der Waals surface area contributed by atoms with Crippen LogP contribution >= 0.6 is 11.6 Å². The molecule has 1 rings (SSSR count). The summed E-state index contributed by atoms with van der Waals surface area (Å²) in [6.45, 7) is 6.65. The molecule has 0 aromatic carbocycles. The molecule has 4 heteroatoms. The molecule has 84 valence electrons. The topological polar surface area (TPSA) is 35.0 Å². The lowest BCUT2D eigenvalue weighted by Gasteiger charge is -2.11. The Kier molecular flexibility index (Phi) is 4.99. The van der Waals surface area contributed by atoms with Crippen molar-refractivity contribution >= 4 is 11.6 Å². The van der Waals surface area contributed by atoms with Gasteiger partial charge in [-0.25, -0.2) is 9.97 Å². The van der Waals surface area contributed by atoms with Crippen molar-refractivity contribution in [1.29, 1.82) is 0 Å². The summed E-state index contributed by atoms with van der Waals surface area (Å²) in [5.41, 5.74) is 0.985. The van der Waals surface area contributed by atoms with E-state index in [0.29, 0.717) is 17.6 Å². The van der Waals surface area contributed by atoms with Crippen LogP contribution in [-0.4, -0.2) is 16.6 Å². The molecule has 0 aliphatic heterocycles. The van der Waals surface area contributed by atoms with Gasteiger partial charge < -0.3 is 4.74 Å². The van der Waals surface area contributed by atoms with E-state index in [1.165, 1.54) is 0 Å². The van der Waals surface area contributed by atoms with Gasteiger partial charge in [-0.3, -0.25) is 0 Å². The minimum Gasteiger partial charge on any atom is -0.371 e. The first-order valence-electron chi connectivity index (χ1n) is 5.32. The van der Waals surface area contributed by atoms with Crippen molar-refractivity contribution in [2.24, 2.45) is 0 Å². The summed E-state index contributed by atoms with van der Waals surface area (Å²) >= 11 is 5.92. The van der Waals surface area contributed by atoms with Gasteiger partial charge in [0.2, 0.25) is 0 Å². The molecule has 1 atom stereocenters. The Morgan fingerprint density at radius 2 is 2.13 bits per heavy atom. The van der Waals surface area contributed by atoms with Crippen molar-refractivity contribution in [3.05, 3.63) is 22.7 Å². The maximum atomic E-state index is 5.92. The molecule has 0 saturated heterocycles. The van der Waals surface area contributed by atoms with Crippen molar-refractivity contribution in [1.82, 2.24) is 9.97 Å². The van der Waals surface area contributed by atoms with E-state index in [1.54, 1.807) is 0 Å². The van der Waals surface area contributed by atoms with Gasteiger partial charge in [0.25, 0.3) is 0 Å². The van der Waals surface area contributed by atoms with Crippen LogP contribution in [0.15, 0.2) is 6.07 Å². The molecule has 0 bridgehead atoms. The summed E-state index contributed by atoms with van der Waals surface area (Å²) in [7, 11) is 0. The predicted molar refractivity (Wildman–Crippen MR) is 61.1 cm³/mol. The lowest BCUT2D eigenvalue weighted by atomic mass is 10.2. The van der Waals surface area contributed by atoms with Gasteiger partial charge >= 0.3 is 0 Å². The first-order chi connectivity index (χ1) is 7.17. The summed E-state index contributed by atoms with van der Waals surface area (Å²) in [4.78, 5) is 8.59. The third kappa shape index (κ3) is 3.76. The molecule has 1 aromatic heterocycles. The molecule has 0 fully saturated rings. The molecule has 3 nitrogen and oxygen atoms in total. The van der Waals surface area contributed by atoms with Gasteiger partial charge in [0.05, 0.1) is 0 Å². The number of aryl methyl sites for hydroxylation is 1. The van der Waals surface area contributed by atoms with E-state index >= 15 is 0 Å². The Balaban J connectivity index is 2.87. The van der Waals surface area contributed by atoms with Crippen LogP contribution in [0.3, 0.4) is 0 Å². The van der Waals surface area contributed by atoms with Crippen molar-refractivity contribution in [3.8, 4) is 0 Å². The van der Waals surface area contributed by atoms with Crippen LogP contribution in [0.5, 0.6) is 0 Å². The number of ether oxygens (including phenoxy) is 1. The van der Waals surface area contributed by atoms with E-state index in [2.05, 4.69) is 16.9 Å². The van der Waals surface area contributed by atoms with Gasteiger partial charge in [-0.05, 0) is 26.3 Å². The average Bonchev–Trinajstić information content (AvgIpc) is 2.17. The minimum atomic E-state index is -0.0932. The molecule has 0 aliphatic carbocycles. The highest BCUT2D eigenvalue weighted by atomic mass is 35.5. The molecule has 1 unspecified atom stereocenters. The lowest BCUT2D eigenvalue weighted by Crippen LogP contribution is -2.07. The average molecular weight is 229 g/mol. The lowest BCUT2D eigenvalue weighted by molar-refractivity contribution is 0.0699. The maximum absolute atomic E-state index is 5.92. The van der Waals surface area contributed by atoms with Crippen LogP contribution in [0, 0.1) is 0 Å². The third-order valence-corrected chi connectivity index (χ3v) is 2.25. The van der Waals surface area contributed by atoms with Gasteiger partial charge in [-0.15, -0.1) is 0 Å². The molecular formula is C11H17ClN2O. The van der Waals surface area contributed by atoms with Crippen molar-refractivity contribution in [3.63, 3.8) is 0 Å². The second kappa shape index (κ2) is 6.03. The van der Waals surface area contributed by atoms with Crippen LogP contribution in [-0.2, 0) is 11.2 Å². The quantitative estimate of drug-likeness (QED) is 0.726. The highest BCUT2D eigenvalue weighted by molar-refractivity contribution is 6.29. The zero-order valence-electron chi connectivity index (χ0n) is 9.46. The Morgan fingerprint density at radius 1 is 1.40 bits per heavy atom. The number of hydrogen-bond acceptors (Lipinski definition) is 3. The number of rotatable bonds is 5. The summed E-state index contributed by atoms with van der Waals surface area (Å²) in [5, 5.41) is 0.495. The molecule has 15 heavy (non-hydrogen) atoms. The Labute approximate surface area is 95.8 Å². The third-order valence-electron chi connectivity index (χ3n) is 2.05. The number of aromatic nitrogens is 2. The molecule has 0 spiro atoms. The van der Waals surface area contributed by atoms with Gasteiger partial charge in [0.1, 0.15) is 11.3 Å². The number of nitrogens with zero attached hydrogens (tertiary/aromatic N) is 2. The molecule has 1 aromatic rings. The van der Waals surface area contributed by atoms with Crippen LogP contribution in [0.4, 0.5) is 0 Å². The fraction of sp³-hybridized carbons (Fsp3) is 0.636. The second-order valence-corrected chi connectivity index (χ2v) is 3.78. The van der Waals surface area contributed by atoms with Gasteiger partial charge in [-0.2, -0.15) is 0 Å². The largest absolute Gasteiger partial charge is 0.371 e. The van der Waals surface area contributed by atoms with Gasteiger partial charge in [-0.1, -0.05) is 24.9 Å². The minimum absolute atomic E-state index is 0.0932. The number of halogens is 1.